The van der Waals surface area contributed by atoms with Gasteiger partial charge in [0.05, 0.1) is 0 Å². The summed E-state index contributed by atoms with van der Waals surface area (Å²) in [4.78, 5) is 12.4. The molecular weight excluding hydrogens is 326 g/mol. The van der Waals surface area contributed by atoms with Gasteiger partial charge in [-0.25, -0.2) is 0 Å². The highest BCUT2D eigenvalue weighted by atomic mass is 16.3. The minimum absolute atomic E-state index is 0.00913. The van der Waals surface area contributed by atoms with Crippen molar-refractivity contribution in [1.82, 2.24) is 4.57 Å². The Morgan fingerprint density at radius 2 is 1.81 bits per heavy atom. The highest BCUT2D eigenvalue weighted by Gasteiger charge is 2.11. The van der Waals surface area contributed by atoms with Gasteiger partial charge >= 0.3 is 0 Å². The first-order valence-electron chi connectivity index (χ1n) is 8.03. The molecule has 2 N–H and O–H groups in total. The van der Waals surface area contributed by atoms with E-state index in [4.69, 9.17) is 0 Å². The van der Waals surface area contributed by atoms with Gasteiger partial charge < -0.3 is 15.0 Å². The third-order valence-corrected chi connectivity index (χ3v) is 3.87. The van der Waals surface area contributed by atoms with E-state index in [-0.39, 0.29) is 11.3 Å². The predicted octanol–water partition coefficient (Wildman–Crippen LogP) is 4.04. The fourth-order valence-corrected chi connectivity index (χ4v) is 2.49. The van der Waals surface area contributed by atoms with Crippen LogP contribution in [0.15, 0.2) is 72.4 Å². The smallest absolute Gasteiger partial charge is 0.266 e. The molecule has 0 atom stereocenters. The van der Waals surface area contributed by atoms with E-state index in [9.17, 15) is 15.2 Å². The van der Waals surface area contributed by atoms with Crippen molar-refractivity contribution in [2.45, 2.75) is 6.92 Å². The lowest BCUT2D eigenvalue weighted by atomic mass is 10.2. The fourth-order valence-electron chi connectivity index (χ4n) is 2.49. The van der Waals surface area contributed by atoms with Gasteiger partial charge in [0.25, 0.3) is 5.91 Å². The van der Waals surface area contributed by atoms with Gasteiger partial charge in [-0.3, -0.25) is 4.79 Å². The summed E-state index contributed by atoms with van der Waals surface area (Å²) >= 11 is 0. The number of hydrogen-bond donors (Lipinski definition) is 2. The summed E-state index contributed by atoms with van der Waals surface area (Å²) in [5.74, 6) is -0.398. The summed E-state index contributed by atoms with van der Waals surface area (Å²) in [7, 11) is 0. The minimum Gasteiger partial charge on any atom is -0.508 e. The molecule has 0 bridgehead atoms. The minimum atomic E-state index is -0.505. The fraction of sp³-hybridized carbons (Fsp3) is 0.0476. The third kappa shape index (κ3) is 3.82. The van der Waals surface area contributed by atoms with Crippen LogP contribution in [0.2, 0.25) is 0 Å². The molecule has 0 aliphatic rings. The van der Waals surface area contributed by atoms with Gasteiger partial charge in [0, 0.05) is 23.3 Å². The molecular formula is C21H17N3O2. The molecule has 128 valence electrons. The summed E-state index contributed by atoms with van der Waals surface area (Å²) < 4.78 is 1.91. The van der Waals surface area contributed by atoms with Crippen molar-refractivity contribution in [2.24, 2.45) is 0 Å². The van der Waals surface area contributed by atoms with Crippen LogP contribution in [-0.2, 0) is 4.79 Å². The van der Waals surface area contributed by atoms with Gasteiger partial charge in [0.2, 0.25) is 0 Å². The molecule has 5 heteroatoms. The first-order valence-corrected chi connectivity index (χ1v) is 8.03. The molecule has 0 aliphatic carbocycles. The second kappa shape index (κ2) is 7.41. The van der Waals surface area contributed by atoms with Crippen molar-refractivity contribution >= 4 is 17.7 Å². The normalized spacial score (nSPS) is 11.0. The van der Waals surface area contributed by atoms with E-state index >= 15 is 0 Å². The number of anilines is 1. The Labute approximate surface area is 151 Å². The number of nitrogens with one attached hydrogen (secondary N) is 1. The zero-order valence-electron chi connectivity index (χ0n) is 14.2. The van der Waals surface area contributed by atoms with Crippen LogP contribution < -0.4 is 5.32 Å². The lowest BCUT2D eigenvalue weighted by Gasteiger charge is -2.08. The average Bonchev–Trinajstić information content (AvgIpc) is 3.10. The molecule has 1 heterocycles. The highest BCUT2D eigenvalue weighted by Crippen LogP contribution is 2.18. The Morgan fingerprint density at radius 3 is 2.46 bits per heavy atom. The van der Waals surface area contributed by atoms with Gasteiger partial charge in [-0.05, 0) is 61.5 Å². The summed E-state index contributed by atoms with van der Waals surface area (Å²) in [6.45, 7) is 2.02. The van der Waals surface area contributed by atoms with E-state index in [1.807, 2.05) is 60.2 Å². The molecule has 0 unspecified atom stereocenters. The van der Waals surface area contributed by atoms with Crippen LogP contribution in [0.4, 0.5) is 5.69 Å². The molecule has 3 aromatic rings. The van der Waals surface area contributed by atoms with Gasteiger partial charge in [0.15, 0.2) is 0 Å². The van der Waals surface area contributed by atoms with Gasteiger partial charge in [-0.15, -0.1) is 0 Å². The number of phenols is 1. The molecule has 1 aromatic heterocycles. The number of carbonyl (C=O) groups excluding carboxylic acids is 1. The molecule has 0 saturated heterocycles. The number of amides is 1. The number of rotatable bonds is 4. The zero-order chi connectivity index (χ0) is 18.5. The Balaban J connectivity index is 1.87. The quantitative estimate of drug-likeness (QED) is 0.426. The lowest BCUT2D eigenvalue weighted by Crippen LogP contribution is -2.13. The maximum absolute atomic E-state index is 12.4. The number of aromatic hydroxyl groups is 1. The van der Waals surface area contributed by atoms with Crippen LogP contribution in [0.5, 0.6) is 5.75 Å². The molecule has 0 radical (unpaired) electrons. The lowest BCUT2D eigenvalue weighted by molar-refractivity contribution is -0.112. The van der Waals surface area contributed by atoms with E-state index < -0.39 is 5.91 Å². The highest BCUT2D eigenvalue weighted by molar-refractivity contribution is 6.09. The first-order chi connectivity index (χ1) is 12.6. The summed E-state index contributed by atoms with van der Waals surface area (Å²) in [5.41, 5.74) is 3.33. The molecule has 1 amide bonds. The second-order valence-corrected chi connectivity index (χ2v) is 5.81. The number of aryl methyl sites for hydroxylation is 1. The predicted molar refractivity (Wildman–Crippen MR) is 101 cm³/mol. The molecule has 26 heavy (non-hydrogen) atoms. The third-order valence-electron chi connectivity index (χ3n) is 3.87. The van der Waals surface area contributed by atoms with E-state index in [0.717, 1.165) is 16.9 Å². The van der Waals surface area contributed by atoms with Crippen LogP contribution in [0.3, 0.4) is 0 Å². The van der Waals surface area contributed by atoms with Gasteiger partial charge in [0.1, 0.15) is 17.4 Å². The van der Waals surface area contributed by atoms with Crippen LogP contribution in [0.25, 0.3) is 11.8 Å². The molecule has 0 aliphatic heterocycles. The molecule has 0 spiro atoms. The van der Waals surface area contributed by atoms with Crippen LogP contribution in [-0.4, -0.2) is 15.6 Å². The largest absolute Gasteiger partial charge is 0.508 e. The van der Waals surface area contributed by atoms with Crippen molar-refractivity contribution in [2.75, 3.05) is 5.32 Å². The van der Waals surface area contributed by atoms with Crippen molar-refractivity contribution in [1.29, 1.82) is 5.26 Å². The number of nitriles is 1. The molecule has 3 rings (SSSR count). The Morgan fingerprint density at radius 1 is 1.12 bits per heavy atom. The number of benzene rings is 2. The van der Waals surface area contributed by atoms with E-state index in [0.29, 0.717) is 5.69 Å². The Hall–Kier alpha value is -3.78. The average molecular weight is 343 g/mol. The Kier molecular flexibility index (Phi) is 4.86. The van der Waals surface area contributed by atoms with Crippen molar-refractivity contribution in [3.8, 4) is 17.5 Å². The Bertz CT molecular complexity index is 991. The number of aromatic nitrogens is 1. The molecule has 5 nitrogen and oxygen atoms in total. The van der Waals surface area contributed by atoms with Crippen LogP contribution in [0, 0.1) is 18.3 Å². The van der Waals surface area contributed by atoms with E-state index in [2.05, 4.69) is 5.32 Å². The standard InChI is InChI=1S/C21H17N3O2/c1-15-4-8-18(9-5-15)24-12-2-3-19(24)13-16(14-22)21(26)23-17-6-10-20(25)11-7-17/h2-13,25H,1H3,(H,23,26)/b16-13-. The maximum Gasteiger partial charge on any atom is 0.266 e. The van der Waals surface area contributed by atoms with Gasteiger partial charge in [-0.1, -0.05) is 17.7 Å². The zero-order valence-corrected chi connectivity index (χ0v) is 14.2. The molecule has 2 aromatic carbocycles. The van der Waals surface area contributed by atoms with E-state index in [1.165, 1.54) is 12.1 Å². The number of nitrogens with zero attached hydrogens (tertiary/aromatic N) is 2. The van der Waals surface area contributed by atoms with Crippen molar-refractivity contribution < 1.29 is 9.90 Å². The second-order valence-electron chi connectivity index (χ2n) is 5.81. The van der Waals surface area contributed by atoms with Crippen LogP contribution >= 0.6 is 0 Å². The summed E-state index contributed by atoms with van der Waals surface area (Å²) in [6.07, 6.45) is 3.43. The van der Waals surface area contributed by atoms with E-state index in [1.54, 1.807) is 18.2 Å². The topological polar surface area (TPSA) is 78.0 Å². The number of hydrogen-bond acceptors (Lipinski definition) is 3. The van der Waals surface area contributed by atoms with Crippen molar-refractivity contribution in [3.63, 3.8) is 0 Å². The maximum atomic E-state index is 12.4. The van der Waals surface area contributed by atoms with Crippen LogP contribution in [0.1, 0.15) is 11.3 Å². The van der Waals surface area contributed by atoms with Crippen molar-refractivity contribution in [3.05, 3.63) is 83.7 Å². The number of carbonyl (C=O) groups is 1. The number of phenolic OH excluding ortho intramolecular Hbond substituents is 1. The van der Waals surface area contributed by atoms with Gasteiger partial charge in [-0.2, -0.15) is 5.26 Å². The molecule has 0 saturated carbocycles. The molecule has 0 fully saturated rings. The monoisotopic (exact) mass is 343 g/mol. The SMILES string of the molecule is Cc1ccc(-n2cccc2/C=C(/C#N)C(=O)Nc2ccc(O)cc2)cc1. The first kappa shape index (κ1) is 17.1. The summed E-state index contributed by atoms with van der Waals surface area (Å²) in [5, 5.41) is 21.3. The summed E-state index contributed by atoms with van der Waals surface area (Å²) in [6, 6.07) is 19.7.